The molecule has 1 aliphatic carbocycles. The van der Waals surface area contributed by atoms with Gasteiger partial charge in [0.05, 0.1) is 37.4 Å². The van der Waals surface area contributed by atoms with Gasteiger partial charge in [-0.25, -0.2) is 4.68 Å². The largest absolute Gasteiger partial charge is 0.491 e. The van der Waals surface area contributed by atoms with Crippen molar-refractivity contribution in [3.8, 4) is 5.75 Å². The van der Waals surface area contributed by atoms with E-state index >= 15 is 0 Å². The summed E-state index contributed by atoms with van der Waals surface area (Å²) in [4.78, 5) is 0. The van der Waals surface area contributed by atoms with Gasteiger partial charge in [0.25, 0.3) is 0 Å². The van der Waals surface area contributed by atoms with Crippen LogP contribution in [-0.2, 0) is 22.4 Å². The van der Waals surface area contributed by atoms with Gasteiger partial charge in [0.1, 0.15) is 17.6 Å². The fourth-order valence-corrected chi connectivity index (χ4v) is 4.79. The first-order chi connectivity index (χ1) is 16.6. The van der Waals surface area contributed by atoms with Gasteiger partial charge >= 0.3 is 0 Å². The second-order valence-electron chi connectivity index (χ2n) is 9.17. The molecule has 184 valence electrons. The molecule has 3 N–H and O–H groups in total. The molecule has 1 aromatic carbocycles. The van der Waals surface area contributed by atoms with Crippen LogP contribution >= 0.6 is 0 Å². The SMILES string of the molecule is C=C(NC1CCC(Oc2ccccc2CN)CC1)c1cnn(/C=C(\C)OC2CCOC2)c1CC. The Kier molecular flexibility index (Phi) is 8.29. The van der Waals surface area contributed by atoms with Gasteiger partial charge in [-0.2, -0.15) is 5.10 Å². The van der Waals surface area contributed by atoms with Gasteiger partial charge in [0.2, 0.25) is 0 Å². The zero-order chi connectivity index (χ0) is 23.9. The lowest BCUT2D eigenvalue weighted by Crippen LogP contribution is -2.35. The van der Waals surface area contributed by atoms with E-state index in [1.165, 1.54) is 0 Å². The Morgan fingerprint density at radius 1 is 1.24 bits per heavy atom. The van der Waals surface area contributed by atoms with E-state index in [0.717, 1.165) is 79.2 Å². The lowest BCUT2D eigenvalue weighted by molar-refractivity contribution is 0.0939. The Morgan fingerprint density at radius 2 is 2.03 bits per heavy atom. The van der Waals surface area contributed by atoms with Gasteiger partial charge in [-0.05, 0) is 45.1 Å². The maximum atomic E-state index is 6.27. The van der Waals surface area contributed by atoms with Crippen LogP contribution in [0.15, 0.2) is 42.8 Å². The lowest BCUT2D eigenvalue weighted by Gasteiger charge is -2.31. The van der Waals surface area contributed by atoms with Gasteiger partial charge in [-0.3, -0.25) is 0 Å². The molecular formula is C27H38N4O3. The number of para-hydroxylation sites is 1. The predicted molar refractivity (Wildman–Crippen MR) is 135 cm³/mol. The summed E-state index contributed by atoms with van der Waals surface area (Å²) in [7, 11) is 0. The Morgan fingerprint density at radius 3 is 2.74 bits per heavy atom. The first-order valence-corrected chi connectivity index (χ1v) is 12.5. The highest BCUT2D eigenvalue weighted by Gasteiger charge is 2.24. The van der Waals surface area contributed by atoms with Crippen LogP contribution in [-0.4, -0.2) is 41.2 Å². The maximum Gasteiger partial charge on any atom is 0.124 e. The van der Waals surface area contributed by atoms with Gasteiger partial charge < -0.3 is 25.3 Å². The third-order valence-corrected chi connectivity index (χ3v) is 6.64. The van der Waals surface area contributed by atoms with Crippen molar-refractivity contribution in [2.24, 2.45) is 5.73 Å². The summed E-state index contributed by atoms with van der Waals surface area (Å²) < 4.78 is 19.6. The Hall–Kier alpha value is -2.77. The number of nitrogens with two attached hydrogens (primary N) is 1. The van der Waals surface area contributed by atoms with Gasteiger partial charge in [-0.15, -0.1) is 0 Å². The second-order valence-corrected chi connectivity index (χ2v) is 9.17. The van der Waals surface area contributed by atoms with E-state index in [4.69, 9.17) is 19.9 Å². The molecule has 0 spiro atoms. The molecule has 4 rings (SSSR count). The van der Waals surface area contributed by atoms with Gasteiger partial charge in [0, 0.05) is 35.8 Å². The summed E-state index contributed by atoms with van der Waals surface area (Å²) >= 11 is 0. The normalized spacial score (nSPS) is 23.0. The van der Waals surface area contributed by atoms with Crippen LogP contribution in [0.3, 0.4) is 0 Å². The first-order valence-electron chi connectivity index (χ1n) is 12.5. The fourth-order valence-electron chi connectivity index (χ4n) is 4.79. The fraction of sp³-hybridized carbons (Fsp3) is 0.519. The molecule has 2 heterocycles. The number of hydrogen-bond acceptors (Lipinski definition) is 6. The van der Waals surface area contributed by atoms with Gasteiger partial charge in [0.15, 0.2) is 0 Å². The molecule has 7 nitrogen and oxygen atoms in total. The van der Waals surface area contributed by atoms with E-state index in [9.17, 15) is 0 Å². The lowest BCUT2D eigenvalue weighted by atomic mass is 9.92. The summed E-state index contributed by atoms with van der Waals surface area (Å²) in [6, 6.07) is 8.44. The maximum absolute atomic E-state index is 6.27. The van der Waals surface area contributed by atoms with Crippen molar-refractivity contribution in [2.75, 3.05) is 13.2 Å². The summed E-state index contributed by atoms with van der Waals surface area (Å²) in [6.07, 6.45) is 10.1. The monoisotopic (exact) mass is 466 g/mol. The number of nitrogens with one attached hydrogen (secondary N) is 1. The molecule has 2 aromatic rings. The van der Waals surface area contributed by atoms with E-state index in [1.807, 2.05) is 48.3 Å². The summed E-state index contributed by atoms with van der Waals surface area (Å²) in [5.41, 5.74) is 10.0. The van der Waals surface area contributed by atoms with Crippen molar-refractivity contribution in [2.45, 2.75) is 77.2 Å². The topological polar surface area (TPSA) is 83.6 Å². The zero-order valence-electron chi connectivity index (χ0n) is 20.5. The minimum absolute atomic E-state index is 0.135. The van der Waals surface area contributed by atoms with Crippen LogP contribution in [0.25, 0.3) is 11.9 Å². The van der Waals surface area contributed by atoms with E-state index in [1.54, 1.807) is 0 Å². The highest BCUT2D eigenvalue weighted by Crippen LogP contribution is 2.28. The number of rotatable bonds is 10. The van der Waals surface area contributed by atoms with Crippen molar-refractivity contribution >= 4 is 11.9 Å². The number of aromatic nitrogens is 2. The molecule has 34 heavy (non-hydrogen) atoms. The number of hydrogen-bond donors (Lipinski definition) is 2. The summed E-state index contributed by atoms with van der Waals surface area (Å²) in [5.74, 6) is 1.76. The molecule has 7 heteroatoms. The van der Waals surface area contributed by atoms with E-state index in [0.29, 0.717) is 19.2 Å². The smallest absolute Gasteiger partial charge is 0.124 e. The molecule has 1 saturated heterocycles. The molecule has 0 amide bonds. The van der Waals surface area contributed by atoms with Crippen LogP contribution in [0.2, 0.25) is 0 Å². The molecule has 1 saturated carbocycles. The molecular weight excluding hydrogens is 428 g/mol. The summed E-state index contributed by atoms with van der Waals surface area (Å²) in [6.45, 7) is 10.4. The average molecular weight is 467 g/mol. The van der Waals surface area contributed by atoms with E-state index in [-0.39, 0.29) is 12.2 Å². The highest BCUT2D eigenvalue weighted by molar-refractivity contribution is 5.64. The summed E-state index contributed by atoms with van der Waals surface area (Å²) in [5, 5.41) is 8.24. The van der Waals surface area contributed by atoms with Crippen LogP contribution in [0, 0.1) is 0 Å². The van der Waals surface area contributed by atoms with Crippen molar-refractivity contribution in [3.05, 3.63) is 59.6 Å². The molecule has 1 aromatic heterocycles. The zero-order valence-corrected chi connectivity index (χ0v) is 20.5. The third-order valence-electron chi connectivity index (χ3n) is 6.64. The van der Waals surface area contributed by atoms with Crippen molar-refractivity contribution in [1.82, 2.24) is 15.1 Å². The van der Waals surface area contributed by atoms with Crippen LogP contribution in [0.5, 0.6) is 5.75 Å². The second kappa shape index (κ2) is 11.6. The number of nitrogens with zero attached hydrogens (tertiary/aromatic N) is 2. The van der Waals surface area contributed by atoms with Crippen LogP contribution in [0.1, 0.15) is 62.8 Å². The van der Waals surface area contributed by atoms with E-state index in [2.05, 4.69) is 23.9 Å². The van der Waals surface area contributed by atoms with Crippen LogP contribution in [0.4, 0.5) is 0 Å². The highest BCUT2D eigenvalue weighted by atomic mass is 16.5. The van der Waals surface area contributed by atoms with Crippen LogP contribution < -0.4 is 15.8 Å². The standard InChI is InChI=1S/C27H38N4O3/c1-4-26-25(16-29-31(26)17-19(2)33-24-13-14-32-18-24)20(3)30-22-9-11-23(12-10-22)34-27-8-6-5-7-21(27)15-28/h5-8,16-17,22-24,30H,3-4,9-15,18,28H2,1-2H3/b19-17+. The molecule has 2 fully saturated rings. The van der Waals surface area contributed by atoms with Gasteiger partial charge in [-0.1, -0.05) is 31.7 Å². The van der Waals surface area contributed by atoms with Crippen molar-refractivity contribution < 1.29 is 14.2 Å². The Labute approximate surface area is 203 Å². The quantitative estimate of drug-likeness (QED) is 0.503. The minimum atomic E-state index is 0.135. The molecule has 0 bridgehead atoms. The number of benzene rings is 1. The molecule has 1 aliphatic heterocycles. The molecule has 0 radical (unpaired) electrons. The first kappa shape index (κ1) is 24.4. The number of ether oxygens (including phenoxy) is 3. The Balaban J connectivity index is 1.31. The third kappa shape index (κ3) is 6.02. The predicted octanol–water partition coefficient (Wildman–Crippen LogP) is 4.48. The van der Waals surface area contributed by atoms with Crippen molar-refractivity contribution in [1.29, 1.82) is 0 Å². The molecule has 1 atom stereocenters. The average Bonchev–Trinajstić information content (AvgIpc) is 3.50. The minimum Gasteiger partial charge on any atom is -0.491 e. The van der Waals surface area contributed by atoms with Crippen molar-refractivity contribution in [3.63, 3.8) is 0 Å². The molecule has 2 aliphatic rings. The van der Waals surface area contributed by atoms with E-state index < -0.39 is 0 Å². The molecule has 1 unspecified atom stereocenters. The Bertz CT molecular complexity index is 986. The number of allylic oxidation sites excluding steroid dienone is 1.